The van der Waals surface area contributed by atoms with Crippen molar-refractivity contribution >= 4 is 22.4 Å². The summed E-state index contributed by atoms with van der Waals surface area (Å²) in [6.07, 6.45) is 0. The van der Waals surface area contributed by atoms with Crippen LogP contribution in [0, 0.1) is 6.92 Å². The molecular weight excluding hydrogens is 186 g/mol. The monoisotopic (exact) mass is 199 g/mol. The van der Waals surface area contributed by atoms with E-state index in [2.05, 4.69) is 10.3 Å². The molecule has 13 heavy (non-hydrogen) atoms. The summed E-state index contributed by atoms with van der Waals surface area (Å²) in [7, 11) is 3.48. The van der Waals surface area contributed by atoms with E-state index in [1.54, 1.807) is 18.4 Å². The lowest BCUT2D eigenvalue weighted by Gasteiger charge is -2.13. The van der Waals surface area contributed by atoms with E-state index in [0.29, 0.717) is 6.54 Å². The minimum absolute atomic E-state index is 0.00430. The minimum atomic E-state index is -0.00430. The summed E-state index contributed by atoms with van der Waals surface area (Å²) in [6, 6.07) is 0. The first-order valence-electron chi connectivity index (χ1n) is 3.97. The molecule has 1 N–H and O–H groups in total. The number of nitrogens with zero attached hydrogens (tertiary/aromatic N) is 2. The molecule has 1 aromatic heterocycles. The number of likely N-dealkylation sites (N-methyl/N-ethyl adjacent to an activating group) is 2. The number of carbonyl (C=O) groups is 1. The highest BCUT2D eigenvalue weighted by molar-refractivity contribution is 7.13. The van der Waals surface area contributed by atoms with Crippen molar-refractivity contribution in [1.29, 1.82) is 0 Å². The molecule has 1 amide bonds. The van der Waals surface area contributed by atoms with Crippen molar-refractivity contribution in [3.8, 4) is 0 Å². The minimum Gasteiger partial charge on any atom is -0.358 e. The van der Waals surface area contributed by atoms with Crippen molar-refractivity contribution in [3.63, 3.8) is 0 Å². The van der Waals surface area contributed by atoms with Crippen LogP contribution >= 0.6 is 11.3 Å². The molecule has 4 nitrogen and oxygen atoms in total. The summed E-state index contributed by atoms with van der Waals surface area (Å²) in [4.78, 5) is 17.1. The van der Waals surface area contributed by atoms with Crippen LogP contribution in [-0.2, 0) is 4.79 Å². The molecule has 0 aliphatic heterocycles. The van der Waals surface area contributed by atoms with Crippen LogP contribution < -0.4 is 10.2 Å². The number of hydrogen-bond acceptors (Lipinski definition) is 4. The number of thiazole rings is 1. The Kier molecular flexibility index (Phi) is 3.25. The fourth-order valence-electron chi connectivity index (χ4n) is 0.879. The van der Waals surface area contributed by atoms with Crippen molar-refractivity contribution in [2.75, 3.05) is 25.5 Å². The average molecular weight is 199 g/mol. The van der Waals surface area contributed by atoms with E-state index >= 15 is 0 Å². The maximum Gasteiger partial charge on any atom is 0.239 e. The van der Waals surface area contributed by atoms with Gasteiger partial charge in [0.05, 0.1) is 12.2 Å². The van der Waals surface area contributed by atoms with Crippen LogP contribution in [0.25, 0.3) is 0 Å². The average Bonchev–Trinajstić information content (AvgIpc) is 2.51. The molecule has 0 saturated carbocycles. The number of rotatable bonds is 3. The largest absolute Gasteiger partial charge is 0.358 e. The van der Waals surface area contributed by atoms with Crippen molar-refractivity contribution in [2.45, 2.75) is 6.92 Å². The molecule has 1 rings (SSSR count). The fourth-order valence-corrected chi connectivity index (χ4v) is 1.65. The predicted molar refractivity (Wildman–Crippen MR) is 54.2 cm³/mol. The van der Waals surface area contributed by atoms with Crippen molar-refractivity contribution in [1.82, 2.24) is 10.3 Å². The van der Waals surface area contributed by atoms with E-state index in [1.807, 2.05) is 24.3 Å². The lowest BCUT2D eigenvalue weighted by atomic mass is 10.5. The van der Waals surface area contributed by atoms with Crippen molar-refractivity contribution in [2.24, 2.45) is 0 Å². The highest BCUT2D eigenvalue weighted by Crippen LogP contribution is 2.17. The number of aryl methyl sites for hydroxylation is 1. The molecule has 0 aliphatic carbocycles. The van der Waals surface area contributed by atoms with Gasteiger partial charge in [0.1, 0.15) is 0 Å². The van der Waals surface area contributed by atoms with Gasteiger partial charge in [-0.1, -0.05) is 0 Å². The molecule has 0 radical (unpaired) electrons. The van der Waals surface area contributed by atoms with Gasteiger partial charge in [0.15, 0.2) is 5.13 Å². The van der Waals surface area contributed by atoms with Crippen LogP contribution in [0.4, 0.5) is 5.13 Å². The molecule has 1 heterocycles. The zero-order chi connectivity index (χ0) is 9.84. The van der Waals surface area contributed by atoms with Crippen LogP contribution in [-0.4, -0.2) is 31.5 Å². The smallest absolute Gasteiger partial charge is 0.239 e. The molecule has 5 heteroatoms. The van der Waals surface area contributed by atoms with E-state index in [4.69, 9.17) is 0 Å². The quantitative estimate of drug-likeness (QED) is 0.776. The van der Waals surface area contributed by atoms with Gasteiger partial charge in [-0.25, -0.2) is 4.98 Å². The van der Waals surface area contributed by atoms with Crippen molar-refractivity contribution < 1.29 is 4.79 Å². The van der Waals surface area contributed by atoms with E-state index in [1.165, 1.54) is 0 Å². The van der Waals surface area contributed by atoms with Crippen LogP contribution in [0.15, 0.2) is 5.38 Å². The third-order valence-corrected chi connectivity index (χ3v) is 2.67. The molecule has 0 unspecified atom stereocenters. The highest BCUT2D eigenvalue weighted by atomic mass is 32.1. The van der Waals surface area contributed by atoms with E-state index in [9.17, 15) is 4.79 Å². The summed E-state index contributed by atoms with van der Waals surface area (Å²) in [5.41, 5.74) is 0.990. The molecule has 1 aromatic rings. The summed E-state index contributed by atoms with van der Waals surface area (Å²) >= 11 is 1.54. The van der Waals surface area contributed by atoms with Gasteiger partial charge < -0.3 is 10.2 Å². The first-order valence-corrected chi connectivity index (χ1v) is 4.85. The first kappa shape index (κ1) is 9.98. The van der Waals surface area contributed by atoms with Gasteiger partial charge in [-0.2, -0.15) is 0 Å². The Bertz CT molecular complexity index is 297. The summed E-state index contributed by atoms with van der Waals surface area (Å²) < 4.78 is 0. The fraction of sp³-hybridized carbons (Fsp3) is 0.500. The number of nitrogens with one attached hydrogen (secondary N) is 1. The summed E-state index contributed by atoms with van der Waals surface area (Å²) in [6.45, 7) is 2.29. The van der Waals surface area contributed by atoms with Crippen LogP contribution in [0.2, 0.25) is 0 Å². The standard InChI is InChI=1S/C8H13N3OS/c1-6-5-13-8(10-6)11(3)4-7(12)9-2/h5H,4H2,1-3H3,(H,9,12). The Hall–Kier alpha value is -1.10. The zero-order valence-corrected chi connectivity index (χ0v) is 8.81. The van der Waals surface area contributed by atoms with Gasteiger partial charge >= 0.3 is 0 Å². The van der Waals surface area contributed by atoms with E-state index < -0.39 is 0 Å². The SMILES string of the molecule is CNC(=O)CN(C)c1nc(C)cs1. The van der Waals surface area contributed by atoms with Gasteiger partial charge in [-0.05, 0) is 6.92 Å². The lowest BCUT2D eigenvalue weighted by Crippen LogP contribution is -2.32. The zero-order valence-electron chi connectivity index (χ0n) is 8.00. The summed E-state index contributed by atoms with van der Waals surface area (Å²) in [5, 5.41) is 5.41. The van der Waals surface area contributed by atoms with E-state index in [-0.39, 0.29) is 5.91 Å². The molecule has 0 bridgehead atoms. The van der Waals surface area contributed by atoms with Crippen LogP contribution in [0.3, 0.4) is 0 Å². The second kappa shape index (κ2) is 4.23. The third-order valence-electron chi connectivity index (χ3n) is 1.59. The third kappa shape index (κ3) is 2.69. The predicted octanol–water partition coefficient (Wildman–Crippen LogP) is 0.634. The molecule has 0 aromatic carbocycles. The lowest BCUT2D eigenvalue weighted by molar-refractivity contribution is -0.119. The first-order chi connectivity index (χ1) is 6.13. The number of carbonyl (C=O) groups excluding carboxylic acids is 1. The molecule has 72 valence electrons. The Morgan fingerprint density at radius 2 is 2.46 bits per heavy atom. The summed E-state index contributed by atoms with van der Waals surface area (Å²) in [5.74, 6) is -0.00430. The second-order valence-electron chi connectivity index (χ2n) is 2.80. The molecule has 0 atom stereocenters. The molecule has 0 aliphatic rings. The van der Waals surface area contributed by atoms with Crippen molar-refractivity contribution in [3.05, 3.63) is 11.1 Å². The Morgan fingerprint density at radius 1 is 1.77 bits per heavy atom. The van der Waals surface area contributed by atoms with Gasteiger partial charge in [0.2, 0.25) is 5.91 Å². The number of hydrogen-bond donors (Lipinski definition) is 1. The number of anilines is 1. The molecular formula is C8H13N3OS. The normalized spacial score (nSPS) is 9.77. The van der Waals surface area contributed by atoms with Crippen LogP contribution in [0.5, 0.6) is 0 Å². The van der Waals surface area contributed by atoms with Gasteiger partial charge in [-0.15, -0.1) is 11.3 Å². The maximum absolute atomic E-state index is 11.0. The molecule has 0 spiro atoms. The molecule has 0 fully saturated rings. The Balaban J connectivity index is 2.58. The van der Waals surface area contributed by atoms with Gasteiger partial charge in [0, 0.05) is 19.5 Å². The molecule has 0 saturated heterocycles. The highest BCUT2D eigenvalue weighted by Gasteiger charge is 2.08. The van der Waals surface area contributed by atoms with Gasteiger partial charge in [-0.3, -0.25) is 4.79 Å². The van der Waals surface area contributed by atoms with Gasteiger partial charge in [0.25, 0.3) is 0 Å². The van der Waals surface area contributed by atoms with Crippen LogP contribution in [0.1, 0.15) is 5.69 Å². The number of aromatic nitrogens is 1. The Morgan fingerprint density at radius 3 is 2.92 bits per heavy atom. The maximum atomic E-state index is 11.0. The second-order valence-corrected chi connectivity index (χ2v) is 3.64. The van der Waals surface area contributed by atoms with E-state index in [0.717, 1.165) is 10.8 Å². The topological polar surface area (TPSA) is 45.2 Å². The Labute approximate surface area is 81.6 Å². The number of amides is 1.